The predicted octanol–water partition coefficient (Wildman–Crippen LogP) is 3.11. The van der Waals surface area contributed by atoms with E-state index in [1.807, 2.05) is 40.7 Å². The molecule has 23 heavy (non-hydrogen) atoms. The number of hydrogen-bond donors (Lipinski definition) is 1. The van der Waals surface area contributed by atoms with Gasteiger partial charge in [-0.3, -0.25) is 0 Å². The number of nitrogens with zero attached hydrogens (tertiary/aromatic N) is 1. The first kappa shape index (κ1) is 16.6. The Morgan fingerprint density at radius 2 is 1.74 bits per heavy atom. The molecular weight excluding hydrogens is 294 g/mol. The van der Waals surface area contributed by atoms with E-state index < -0.39 is 18.3 Å². The lowest BCUT2D eigenvalue weighted by atomic mass is 9.78. The normalized spacial score (nSPS) is 25.0. The second-order valence-corrected chi connectivity index (χ2v) is 7.81. The first-order chi connectivity index (χ1) is 10.5. The van der Waals surface area contributed by atoms with Gasteiger partial charge in [0.05, 0.1) is 28.7 Å². The lowest BCUT2D eigenvalue weighted by Gasteiger charge is -2.32. The van der Waals surface area contributed by atoms with Crippen LogP contribution in [0.5, 0.6) is 0 Å². The van der Waals surface area contributed by atoms with Crippen molar-refractivity contribution in [2.24, 2.45) is 0 Å². The summed E-state index contributed by atoms with van der Waals surface area (Å²) in [5, 5.41) is 3.22. The molecule has 1 N–H and O–H groups in total. The molecule has 2 aliphatic rings. The molecule has 0 aromatic heterocycles. The van der Waals surface area contributed by atoms with Gasteiger partial charge in [-0.1, -0.05) is 0 Å². The third kappa shape index (κ3) is 2.52. The first-order valence-corrected chi connectivity index (χ1v) is 8.27. The predicted molar refractivity (Wildman–Crippen MR) is 92.8 cm³/mol. The average molecular weight is 320 g/mol. The van der Waals surface area contributed by atoms with Crippen molar-refractivity contribution >= 4 is 24.0 Å². The molecule has 0 bridgehead atoms. The lowest BCUT2D eigenvalue weighted by molar-refractivity contribution is 0.00578. The van der Waals surface area contributed by atoms with Crippen LogP contribution >= 0.6 is 0 Å². The highest BCUT2D eigenvalue weighted by molar-refractivity contribution is 6.62. The van der Waals surface area contributed by atoms with Crippen molar-refractivity contribution in [3.8, 4) is 0 Å². The van der Waals surface area contributed by atoms with Gasteiger partial charge in [-0.25, -0.2) is 4.39 Å². The van der Waals surface area contributed by atoms with Crippen LogP contribution < -0.4 is 15.7 Å². The van der Waals surface area contributed by atoms with Crippen molar-refractivity contribution in [2.45, 2.75) is 71.9 Å². The third-order valence-electron chi connectivity index (χ3n) is 5.22. The van der Waals surface area contributed by atoms with Crippen molar-refractivity contribution in [3.05, 3.63) is 17.9 Å². The molecule has 126 valence electrons. The zero-order valence-corrected chi connectivity index (χ0v) is 15.0. The molecule has 1 aromatic rings. The Morgan fingerprint density at radius 1 is 1.17 bits per heavy atom. The number of anilines is 2. The fourth-order valence-electron chi connectivity index (χ4n) is 3.29. The van der Waals surface area contributed by atoms with Crippen LogP contribution in [-0.4, -0.2) is 30.5 Å². The van der Waals surface area contributed by atoms with Crippen molar-refractivity contribution in [1.29, 1.82) is 0 Å². The third-order valence-corrected chi connectivity index (χ3v) is 5.22. The van der Waals surface area contributed by atoms with Crippen LogP contribution in [0, 0.1) is 5.82 Å². The van der Waals surface area contributed by atoms with Crippen LogP contribution in [0.15, 0.2) is 12.1 Å². The molecule has 0 aliphatic carbocycles. The standard InChI is InChI=1S/C17H26BFN2O2/c1-10(2)21-11(3)20-15-13(19)8-12(9-14(15)21)18-22-16(4,5)17(6,7)23-18/h8-11,20H,1-7H3. The molecule has 0 radical (unpaired) electrons. The average Bonchev–Trinajstić information content (AvgIpc) is 2.83. The Morgan fingerprint density at radius 3 is 2.26 bits per heavy atom. The Hall–Kier alpha value is -1.27. The molecule has 1 atom stereocenters. The van der Waals surface area contributed by atoms with Gasteiger partial charge >= 0.3 is 7.12 Å². The van der Waals surface area contributed by atoms with E-state index in [-0.39, 0.29) is 18.0 Å². The van der Waals surface area contributed by atoms with Gasteiger partial charge in [0.1, 0.15) is 5.82 Å². The van der Waals surface area contributed by atoms with E-state index in [0.717, 1.165) is 11.2 Å². The Balaban J connectivity index is 2.00. The zero-order chi connectivity index (χ0) is 17.2. The molecule has 1 fully saturated rings. The summed E-state index contributed by atoms with van der Waals surface area (Å²) in [5.74, 6) is -0.262. The highest BCUT2D eigenvalue weighted by Gasteiger charge is 2.52. The van der Waals surface area contributed by atoms with Gasteiger partial charge in [-0.2, -0.15) is 0 Å². The number of halogens is 1. The smallest absolute Gasteiger partial charge is 0.399 e. The quantitative estimate of drug-likeness (QED) is 0.849. The van der Waals surface area contributed by atoms with E-state index in [4.69, 9.17) is 9.31 Å². The SMILES string of the molecule is CC(C)N1c2cc(B3OC(C)(C)C(C)(C)O3)cc(F)c2NC1C. The fourth-order valence-corrected chi connectivity index (χ4v) is 3.29. The molecule has 4 nitrogen and oxygen atoms in total. The van der Waals surface area contributed by atoms with E-state index in [1.165, 1.54) is 6.07 Å². The van der Waals surface area contributed by atoms with Crippen LogP contribution in [-0.2, 0) is 9.31 Å². The summed E-state index contributed by atoms with van der Waals surface area (Å²) in [6.07, 6.45) is 0.0630. The number of rotatable bonds is 2. The van der Waals surface area contributed by atoms with E-state index >= 15 is 0 Å². The minimum absolute atomic E-state index is 0.0630. The lowest BCUT2D eigenvalue weighted by Crippen LogP contribution is -2.41. The van der Waals surface area contributed by atoms with Crippen molar-refractivity contribution in [1.82, 2.24) is 0 Å². The van der Waals surface area contributed by atoms with Gasteiger partial charge < -0.3 is 19.5 Å². The van der Waals surface area contributed by atoms with Gasteiger partial charge in [0.15, 0.2) is 0 Å². The molecular formula is C17H26BFN2O2. The minimum atomic E-state index is -0.551. The summed E-state index contributed by atoms with van der Waals surface area (Å²) in [4.78, 5) is 2.17. The molecule has 1 unspecified atom stereocenters. The van der Waals surface area contributed by atoms with Gasteiger partial charge in [-0.15, -0.1) is 0 Å². The van der Waals surface area contributed by atoms with Crippen LogP contribution in [0.1, 0.15) is 48.5 Å². The number of hydrogen-bond acceptors (Lipinski definition) is 4. The topological polar surface area (TPSA) is 33.7 Å². The molecule has 0 saturated carbocycles. The summed E-state index contributed by atoms with van der Waals surface area (Å²) in [6.45, 7) is 14.2. The molecule has 1 aromatic carbocycles. The second kappa shape index (κ2) is 5.11. The number of fused-ring (bicyclic) bond motifs is 1. The molecule has 0 amide bonds. The fraction of sp³-hybridized carbons (Fsp3) is 0.647. The molecule has 0 spiro atoms. The monoisotopic (exact) mass is 320 g/mol. The van der Waals surface area contributed by atoms with Gasteiger partial charge in [0.25, 0.3) is 0 Å². The summed E-state index contributed by atoms with van der Waals surface area (Å²) < 4.78 is 26.7. The van der Waals surface area contributed by atoms with E-state index in [1.54, 1.807) is 0 Å². The summed E-state index contributed by atoms with van der Waals surface area (Å²) in [7, 11) is -0.551. The van der Waals surface area contributed by atoms with Gasteiger partial charge in [0, 0.05) is 6.04 Å². The molecule has 3 rings (SSSR count). The summed E-state index contributed by atoms with van der Waals surface area (Å²) in [6, 6.07) is 3.77. The molecule has 2 aliphatic heterocycles. The number of benzene rings is 1. The second-order valence-electron chi connectivity index (χ2n) is 7.81. The number of nitrogens with one attached hydrogen (secondary N) is 1. The first-order valence-electron chi connectivity index (χ1n) is 8.27. The zero-order valence-electron chi connectivity index (χ0n) is 15.0. The van der Waals surface area contributed by atoms with E-state index in [2.05, 4.69) is 24.1 Å². The van der Waals surface area contributed by atoms with Crippen molar-refractivity contribution in [2.75, 3.05) is 10.2 Å². The molecule has 2 heterocycles. The van der Waals surface area contributed by atoms with Gasteiger partial charge in [-0.05, 0) is 66.1 Å². The maximum Gasteiger partial charge on any atom is 0.495 e. The Kier molecular flexibility index (Phi) is 3.69. The van der Waals surface area contributed by atoms with Crippen molar-refractivity contribution in [3.63, 3.8) is 0 Å². The Bertz CT molecular complexity index is 617. The summed E-state index contributed by atoms with van der Waals surface area (Å²) >= 11 is 0. The largest absolute Gasteiger partial charge is 0.495 e. The molecule has 6 heteroatoms. The van der Waals surface area contributed by atoms with E-state index in [0.29, 0.717) is 5.69 Å². The van der Waals surface area contributed by atoms with Crippen molar-refractivity contribution < 1.29 is 13.7 Å². The van der Waals surface area contributed by atoms with E-state index in [9.17, 15) is 4.39 Å². The highest BCUT2D eigenvalue weighted by Crippen LogP contribution is 2.40. The van der Waals surface area contributed by atoms with Gasteiger partial charge in [0.2, 0.25) is 0 Å². The van der Waals surface area contributed by atoms with Crippen LogP contribution in [0.4, 0.5) is 15.8 Å². The minimum Gasteiger partial charge on any atom is -0.399 e. The maximum atomic E-state index is 14.6. The molecule has 1 saturated heterocycles. The summed E-state index contributed by atoms with van der Waals surface area (Å²) in [5.41, 5.74) is 1.29. The maximum absolute atomic E-state index is 14.6. The highest BCUT2D eigenvalue weighted by atomic mass is 19.1. The van der Waals surface area contributed by atoms with Crippen LogP contribution in [0.2, 0.25) is 0 Å². The Labute approximate surface area is 138 Å². The van der Waals surface area contributed by atoms with Crippen LogP contribution in [0.3, 0.4) is 0 Å². The van der Waals surface area contributed by atoms with Crippen LogP contribution in [0.25, 0.3) is 0 Å².